The minimum atomic E-state index is -0.295. The highest BCUT2D eigenvalue weighted by Gasteiger charge is 2.17. The maximum atomic E-state index is 10.5. The molecule has 0 aromatic heterocycles. The molecule has 0 spiro atoms. The predicted octanol–water partition coefficient (Wildman–Crippen LogP) is 2.56. The summed E-state index contributed by atoms with van der Waals surface area (Å²) in [4.78, 5) is 10.5. The number of rotatable bonds is 3. The summed E-state index contributed by atoms with van der Waals surface area (Å²) in [6.45, 7) is 9.76. The molecule has 12 heavy (non-hydrogen) atoms. The quantitative estimate of drug-likeness (QED) is 0.480. The Bertz CT molecular complexity index is 183. The molecule has 1 unspecified atom stereocenters. The summed E-state index contributed by atoms with van der Waals surface area (Å²) in [6.07, 6.45) is 0.903. The maximum absolute atomic E-state index is 10.5. The molecule has 0 rings (SSSR count). The van der Waals surface area contributed by atoms with Gasteiger partial charge in [0.2, 0.25) is 0 Å². The molecular formula is C10H18O2. The lowest BCUT2D eigenvalue weighted by Gasteiger charge is -2.23. The molecule has 0 fully saturated rings. The lowest BCUT2D eigenvalue weighted by Crippen LogP contribution is -2.21. The normalized spacial score (nSPS) is 13.4. The van der Waals surface area contributed by atoms with E-state index in [4.69, 9.17) is 4.74 Å². The Morgan fingerprint density at radius 2 is 2.00 bits per heavy atom. The zero-order chi connectivity index (χ0) is 9.78. The van der Waals surface area contributed by atoms with Crippen LogP contribution in [0.2, 0.25) is 0 Å². The van der Waals surface area contributed by atoms with Gasteiger partial charge in [0.05, 0.1) is 0 Å². The van der Waals surface area contributed by atoms with Crippen LogP contribution in [0.5, 0.6) is 0 Å². The molecule has 0 heterocycles. The van der Waals surface area contributed by atoms with Crippen molar-refractivity contribution in [2.45, 2.75) is 46.6 Å². The van der Waals surface area contributed by atoms with Gasteiger partial charge in [0, 0.05) is 5.92 Å². The van der Waals surface area contributed by atoms with E-state index >= 15 is 0 Å². The van der Waals surface area contributed by atoms with Crippen molar-refractivity contribution in [3.8, 4) is 0 Å². The Balaban J connectivity index is 4.31. The van der Waals surface area contributed by atoms with Gasteiger partial charge in [0.1, 0.15) is 5.60 Å². The van der Waals surface area contributed by atoms with E-state index in [1.54, 1.807) is 0 Å². The first-order valence-electron chi connectivity index (χ1n) is 4.34. The van der Waals surface area contributed by atoms with Crippen molar-refractivity contribution >= 4 is 5.94 Å². The highest BCUT2D eigenvalue weighted by Crippen LogP contribution is 2.19. The fraction of sp³-hybridized carbons (Fsp3) is 0.800. The zero-order valence-corrected chi connectivity index (χ0v) is 8.60. The van der Waals surface area contributed by atoms with Gasteiger partial charge in [-0.1, -0.05) is 13.8 Å². The first kappa shape index (κ1) is 11.2. The van der Waals surface area contributed by atoms with E-state index in [1.165, 1.54) is 0 Å². The van der Waals surface area contributed by atoms with E-state index < -0.39 is 0 Å². The third kappa shape index (κ3) is 4.20. The second-order valence-corrected chi connectivity index (χ2v) is 3.99. The lowest BCUT2D eigenvalue weighted by atomic mass is 10.1. The lowest BCUT2D eigenvalue weighted by molar-refractivity contribution is 0.0381. The molecule has 0 saturated heterocycles. The Labute approximate surface area is 74.6 Å². The van der Waals surface area contributed by atoms with Gasteiger partial charge in [-0.15, -0.1) is 0 Å². The molecule has 0 amide bonds. The van der Waals surface area contributed by atoms with Gasteiger partial charge in [0.25, 0.3) is 0 Å². The van der Waals surface area contributed by atoms with Gasteiger partial charge >= 0.3 is 0 Å². The highest BCUT2D eigenvalue weighted by atomic mass is 16.5. The molecule has 2 heteroatoms. The average Bonchev–Trinajstić information content (AvgIpc) is 1.97. The molecule has 0 aromatic carbocycles. The first-order valence-corrected chi connectivity index (χ1v) is 4.34. The third-order valence-corrected chi connectivity index (χ3v) is 1.58. The summed E-state index contributed by atoms with van der Waals surface area (Å²) in [7, 11) is 0. The minimum Gasteiger partial charge on any atom is -0.481 e. The topological polar surface area (TPSA) is 26.3 Å². The first-order chi connectivity index (χ1) is 5.40. The minimum absolute atomic E-state index is 0.168. The molecule has 0 N–H and O–H groups in total. The fourth-order valence-corrected chi connectivity index (χ4v) is 0.737. The van der Waals surface area contributed by atoms with Crippen LogP contribution in [0.25, 0.3) is 0 Å². The second kappa shape index (κ2) is 4.32. The molecule has 0 bridgehead atoms. The van der Waals surface area contributed by atoms with E-state index in [1.807, 2.05) is 40.6 Å². The van der Waals surface area contributed by atoms with Gasteiger partial charge in [-0.3, -0.25) is 0 Å². The van der Waals surface area contributed by atoms with E-state index in [-0.39, 0.29) is 11.5 Å². The van der Waals surface area contributed by atoms with Gasteiger partial charge in [0.15, 0.2) is 11.7 Å². The summed E-state index contributed by atoms with van der Waals surface area (Å²) in [5.74, 6) is 2.46. The summed E-state index contributed by atoms with van der Waals surface area (Å²) < 4.78 is 5.43. The Kier molecular flexibility index (Phi) is 4.05. The monoisotopic (exact) mass is 170 g/mol. The fourth-order valence-electron chi connectivity index (χ4n) is 0.737. The molecule has 0 aliphatic heterocycles. The molecular weight excluding hydrogens is 152 g/mol. The van der Waals surface area contributed by atoms with Crippen molar-refractivity contribution in [2.24, 2.45) is 5.92 Å². The highest BCUT2D eigenvalue weighted by molar-refractivity contribution is 5.50. The Morgan fingerprint density at radius 1 is 1.50 bits per heavy atom. The molecule has 0 aliphatic carbocycles. The van der Waals surface area contributed by atoms with Crippen molar-refractivity contribution in [3.63, 3.8) is 0 Å². The Morgan fingerprint density at radius 3 is 2.25 bits per heavy atom. The number of hydrogen-bond donors (Lipinski definition) is 0. The molecule has 70 valence electrons. The molecule has 0 radical (unpaired) electrons. The van der Waals surface area contributed by atoms with Crippen molar-refractivity contribution in [2.75, 3.05) is 0 Å². The third-order valence-electron chi connectivity index (χ3n) is 1.58. The van der Waals surface area contributed by atoms with E-state index in [9.17, 15) is 4.79 Å². The van der Waals surface area contributed by atoms with Crippen LogP contribution in [0.3, 0.4) is 0 Å². The summed E-state index contributed by atoms with van der Waals surface area (Å²) in [5, 5.41) is 0. The summed E-state index contributed by atoms with van der Waals surface area (Å²) in [5.41, 5.74) is -0.295. The Hall–Kier alpha value is -0.750. The second-order valence-electron chi connectivity index (χ2n) is 3.99. The summed E-state index contributed by atoms with van der Waals surface area (Å²) >= 11 is 0. The van der Waals surface area contributed by atoms with Crippen LogP contribution in [0, 0.1) is 5.92 Å². The van der Waals surface area contributed by atoms with Crippen LogP contribution in [0.4, 0.5) is 0 Å². The average molecular weight is 170 g/mol. The van der Waals surface area contributed by atoms with Crippen molar-refractivity contribution in [1.82, 2.24) is 0 Å². The van der Waals surface area contributed by atoms with Crippen LogP contribution >= 0.6 is 0 Å². The van der Waals surface area contributed by atoms with Crippen LogP contribution in [0.15, 0.2) is 5.76 Å². The molecule has 2 nitrogen and oxygen atoms in total. The number of carbonyl (C=O) groups excluding carboxylic acids is 1. The van der Waals surface area contributed by atoms with Crippen LogP contribution < -0.4 is 0 Å². The van der Waals surface area contributed by atoms with Gasteiger partial charge in [-0.2, -0.15) is 0 Å². The standard InChI is InChI=1S/C10H18O2/c1-6-8(2)9(7-11)12-10(3,4)5/h8H,6H2,1-5H3. The van der Waals surface area contributed by atoms with Crippen LogP contribution in [0.1, 0.15) is 41.0 Å². The van der Waals surface area contributed by atoms with Crippen LogP contribution in [-0.2, 0) is 9.53 Å². The zero-order valence-electron chi connectivity index (χ0n) is 8.60. The van der Waals surface area contributed by atoms with Gasteiger partial charge < -0.3 is 4.74 Å². The SMILES string of the molecule is CCC(C)C(=C=O)OC(C)(C)C. The molecule has 0 aliphatic rings. The van der Waals surface area contributed by atoms with Crippen LogP contribution in [-0.4, -0.2) is 11.5 Å². The van der Waals surface area contributed by atoms with Gasteiger partial charge in [-0.05, 0) is 27.2 Å². The molecule has 0 saturated carbocycles. The molecule has 0 aromatic rings. The van der Waals surface area contributed by atoms with Crippen molar-refractivity contribution in [3.05, 3.63) is 5.76 Å². The number of ether oxygens (including phenoxy) is 1. The molecule has 1 atom stereocenters. The number of allylic oxidation sites excluding steroid dienone is 1. The van der Waals surface area contributed by atoms with E-state index in [0.717, 1.165) is 6.42 Å². The van der Waals surface area contributed by atoms with Crippen molar-refractivity contribution < 1.29 is 9.53 Å². The predicted molar refractivity (Wildman–Crippen MR) is 49.5 cm³/mol. The smallest absolute Gasteiger partial charge is 0.183 e. The summed E-state index contributed by atoms with van der Waals surface area (Å²) in [6, 6.07) is 0. The maximum Gasteiger partial charge on any atom is 0.183 e. The van der Waals surface area contributed by atoms with Crippen molar-refractivity contribution in [1.29, 1.82) is 0 Å². The van der Waals surface area contributed by atoms with Gasteiger partial charge in [-0.25, -0.2) is 4.79 Å². The van der Waals surface area contributed by atoms with E-state index in [0.29, 0.717) is 5.76 Å². The number of hydrogen-bond acceptors (Lipinski definition) is 2. The van der Waals surface area contributed by atoms with E-state index in [2.05, 4.69) is 0 Å². The largest absolute Gasteiger partial charge is 0.481 e.